The van der Waals surface area contributed by atoms with E-state index >= 15 is 0 Å². The van der Waals surface area contributed by atoms with Crippen molar-refractivity contribution in [2.45, 2.75) is 51.7 Å². The molecule has 1 saturated carbocycles. The van der Waals surface area contributed by atoms with Crippen LogP contribution in [-0.2, 0) is 9.53 Å². The van der Waals surface area contributed by atoms with Crippen molar-refractivity contribution in [2.24, 2.45) is 11.3 Å². The number of methoxy groups -OCH3 is 1. The maximum Gasteiger partial charge on any atom is 0.306 e. The number of hydrogen-bond acceptors (Lipinski definition) is 4. The Hall–Kier alpha value is -0.610. The van der Waals surface area contributed by atoms with Crippen LogP contribution in [0.3, 0.4) is 0 Å². The summed E-state index contributed by atoms with van der Waals surface area (Å²) < 4.78 is 4.69. The summed E-state index contributed by atoms with van der Waals surface area (Å²) in [5.41, 5.74) is -0.279. The molecule has 0 aromatic heterocycles. The molecule has 2 atom stereocenters. The molecule has 94 valence electrons. The van der Waals surface area contributed by atoms with Gasteiger partial charge in [-0.25, -0.2) is 0 Å². The van der Waals surface area contributed by atoms with Crippen LogP contribution < -0.4 is 0 Å². The van der Waals surface area contributed by atoms with E-state index in [1.165, 1.54) is 7.11 Å². The maximum absolute atomic E-state index is 11.4. The molecule has 0 heterocycles. The fourth-order valence-electron chi connectivity index (χ4n) is 2.95. The van der Waals surface area contributed by atoms with E-state index in [0.717, 1.165) is 25.7 Å². The molecule has 0 aromatic rings. The molecule has 1 fully saturated rings. The van der Waals surface area contributed by atoms with Gasteiger partial charge in [0.25, 0.3) is 0 Å². The molecule has 0 amide bonds. The summed E-state index contributed by atoms with van der Waals surface area (Å²) in [6, 6.07) is 0. The van der Waals surface area contributed by atoms with E-state index in [2.05, 4.69) is 6.92 Å². The third-order valence-electron chi connectivity index (χ3n) is 3.55. The predicted octanol–water partition coefficient (Wildman–Crippen LogP) is 1.45. The molecule has 0 aromatic carbocycles. The van der Waals surface area contributed by atoms with E-state index in [9.17, 15) is 4.79 Å². The first kappa shape index (κ1) is 13.5. The van der Waals surface area contributed by atoms with Crippen LogP contribution in [0.4, 0.5) is 0 Å². The van der Waals surface area contributed by atoms with E-state index in [4.69, 9.17) is 14.9 Å². The molecular formula is C12H22O4. The Morgan fingerprint density at radius 3 is 2.75 bits per heavy atom. The minimum Gasteiger partial charge on any atom is -0.469 e. The number of aliphatic hydroxyl groups excluding tert-OH is 1. The van der Waals surface area contributed by atoms with Crippen LogP contribution in [0.15, 0.2) is 0 Å². The summed E-state index contributed by atoms with van der Waals surface area (Å²) >= 11 is 0. The summed E-state index contributed by atoms with van der Waals surface area (Å²) in [6.45, 7) is 2.15. The molecule has 1 aliphatic carbocycles. The van der Waals surface area contributed by atoms with Gasteiger partial charge in [-0.3, -0.25) is 4.79 Å². The highest BCUT2D eigenvalue weighted by Gasteiger charge is 2.38. The van der Waals surface area contributed by atoms with Crippen molar-refractivity contribution in [3.8, 4) is 0 Å². The molecule has 2 N–H and O–H groups in total. The molecule has 0 saturated heterocycles. The number of esters is 1. The molecule has 1 rings (SSSR count). The minimum absolute atomic E-state index is 0.255. The van der Waals surface area contributed by atoms with Gasteiger partial charge in [0.05, 0.1) is 13.5 Å². The molecule has 0 spiro atoms. The number of carbonyl (C=O) groups excluding carboxylic acids is 1. The van der Waals surface area contributed by atoms with Crippen LogP contribution >= 0.6 is 0 Å². The van der Waals surface area contributed by atoms with Crippen LogP contribution in [0, 0.1) is 11.3 Å². The van der Waals surface area contributed by atoms with Crippen molar-refractivity contribution in [3.63, 3.8) is 0 Å². The lowest BCUT2D eigenvalue weighted by molar-refractivity contribution is -0.147. The lowest BCUT2D eigenvalue weighted by atomic mass is 9.66. The smallest absolute Gasteiger partial charge is 0.306 e. The second-order valence-corrected chi connectivity index (χ2v) is 5.14. The van der Waals surface area contributed by atoms with E-state index in [-0.39, 0.29) is 17.8 Å². The number of aliphatic hydroxyl groups is 2. The molecule has 0 aliphatic heterocycles. The summed E-state index contributed by atoms with van der Waals surface area (Å²) in [5.74, 6) is 0.284. The average molecular weight is 230 g/mol. The van der Waals surface area contributed by atoms with E-state index in [1.54, 1.807) is 0 Å². The number of ether oxygens (including phenoxy) is 1. The first-order chi connectivity index (χ1) is 7.47. The Labute approximate surface area is 96.6 Å². The fraction of sp³-hybridized carbons (Fsp3) is 0.917. The van der Waals surface area contributed by atoms with Crippen LogP contribution in [0.5, 0.6) is 0 Å². The van der Waals surface area contributed by atoms with Gasteiger partial charge in [-0.15, -0.1) is 0 Å². The first-order valence-electron chi connectivity index (χ1n) is 5.90. The van der Waals surface area contributed by atoms with E-state index < -0.39 is 6.29 Å². The van der Waals surface area contributed by atoms with Gasteiger partial charge >= 0.3 is 5.97 Å². The predicted molar refractivity (Wildman–Crippen MR) is 59.5 cm³/mol. The van der Waals surface area contributed by atoms with Gasteiger partial charge in [0.2, 0.25) is 0 Å². The largest absolute Gasteiger partial charge is 0.469 e. The Morgan fingerprint density at radius 2 is 2.25 bits per heavy atom. The van der Waals surface area contributed by atoms with E-state index in [0.29, 0.717) is 12.3 Å². The fourth-order valence-corrected chi connectivity index (χ4v) is 2.95. The molecule has 4 heteroatoms. The normalized spacial score (nSPS) is 30.4. The Morgan fingerprint density at radius 1 is 1.56 bits per heavy atom. The monoisotopic (exact) mass is 230 g/mol. The van der Waals surface area contributed by atoms with Crippen LogP contribution in [0.1, 0.15) is 45.4 Å². The second-order valence-electron chi connectivity index (χ2n) is 5.14. The topological polar surface area (TPSA) is 66.8 Å². The number of rotatable bonds is 4. The summed E-state index contributed by atoms with van der Waals surface area (Å²) in [7, 11) is 1.37. The van der Waals surface area contributed by atoms with Crippen molar-refractivity contribution in [2.75, 3.05) is 7.11 Å². The summed E-state index contributed by atoms with van der Waals surface area (Å²) in [6.07, 6.45) is 3.19. The standard InChI is InChI=1S/C12H22O4/c1-9-4-3-5-12(6-9,7-10(13)14)8-11(15)16-2/h9-10,13-14H,3-8H2,1-2H3/t9-,12?/m1/s1. The summed E-state index contributed by atoms with van der Waals surface area (Å²) in [5, 5.41) is 18.3. The Bertz CT molecular complexity index is 235. The van der Waals surface area contributed by atoms with Crippen molar-refractivity contribution >= 4 is 5.97 Å². The molecule has 0 radical (unpaired) electrons. The average Bonchev–Trinajstić information content (AvgIpc) is 2.15. The third kappa shape index (κ3) is 3.76. The number of carbonyl (C=O) groups is 1. The molecule has 1 unspecified atom stereocenters. The highest BCUT2D eigenvalue weighted by molar-refractivity contribution is 5.70. The van der Waals surface area contributed by atoms with Gasteiger partial charge in [-0.05, 0) is 24.2 Å². The van der Waals surface area contributed by atoms with E-state index in [1.807, 2.05) is 0 Å². The first-order valence-corrected chi connectivity index (χ1v) is 5.90. The SMILES string of the molecule is COC(=O)CC1(CC(O)O)CCC[C@@H](C)C1. The van der Waals surface area contributed by atoms with Crippen LogP contribution in [0.25, 0.3) is 0 Å². The van der Waals surface area contributed by atoms with Crippen molar-refractivity contribution in [3.05, 3.63) is 0 Å². The zero-order chi connectivity index (χ0) is 12.2. The lowest BCUT2D eigenvalue weighted by Gasteiger charge is -2.39. The zero-order valence-electron chi connectivity index (χ0n) is 10.1. The quantitative estimate of drug-likeness (QED) is 0.566. The third-order valence-corrected chi connectivity index (χ3v) is 3.55. The molecule has 1 aliphatic rings. The summed E-state index contributed by atoms with van der Waals surface area (Å²) in [4.78, 5) is 11.4. The van der Waals surface area contributed by atoms with Crippen molar-refractivity contribution in [1.29, 1.82) is 0 Å². The zero-order valence-corrected chi connectivity index (χ0v) is 10.1. The van der Waals surface area contributed by atoms with Gasteiger partial charge < -0.3 is 14.9 Å². The highest BCUT2D eigenvalue weighted by atomic mass is 16.5. The van der Waals surface area contributed by atoms with Gasteiger partial charge in [-0.1, -0.05) is 19.8 Å². The minimum atomic E-state index is -1.34. The molecule has 0 bridgehead atoms. The molecule has 4 nitrogen and oxygen atoms in total. The van der Waals surface area contributed by atoms with Gasteiger partial charge in [-0.2, -0.15) is 0 Å². The van der Waals surface area contributed by atoms with Crippen LogP contribution in [-0.4, -0.2) is 29.6 Å². The van der Waals surface area contributed by atoms with Gasteiger partial charge in [0.15, 0.2) is 6.29 Å². The Balaban J connectivity index is 2.70. The van der Waals surface area contributed by atoms with Crippen molar-refractivity contribution in [1.82, 2.24) is 0 Å². The lowest BCUT2D eigenvalue weighted by Crippen LogP contribution is -2.34. The molecule has 16 heavy (non-hydrogen) atoms. The Kier molecular flexibility index (Phi) is 4.74. The maximum atomic E-state index is 11.4. The van der Waals surface area contributed by atoms with Gasteiger partial charge in [0.1, 0.15) is 0 Å². The second kappa shape index (κ2) is 5.64. The van der Waals surface area contributed by atoms with Gasteiger partial charge in [0, 0.05) is 6.42 Å². The van der Waals surface area contributed by atoms with Crippen LogP contribution in [0.2, 0.25) is 0 Å². The number of hydrogen-bond donors (Lipinski definition) is 2. The highest BCUT2D eigenvalue weighted by Crippen LogP contribution is 2.45. The van der Waals surface area contributed by atoms with Crippen molar-refractivity contribution < 1.29 is 19.7 Å². The molecular weight excluding hydrogens is 208 g/mol.